The molecule has 3 amide bonds. The maximum absolute atomic E-state index is 12.6. The van der Waals surface area contributed by atoms with E-state index in [1.54, 1.807) is 37.5 Å². The number of hydrogen-bond donors (Lipinski definition) is 1. The highest BCUT2D eigenvalue weighted by Crippen LogP contribution is 2.34. The summed E-state index contributed by atoms with van der Waals surface area (Å²) in [5.41, 5.74) is 1.19. The van der Waals surface area contributed by atoms with Crippen LogP contribution in [0, 0.1) is 7.14 Å². The molecule has 1 saturated heterocycles. The number of nitrogens with one attached hydrogen (secondary N) is 1. The van der Waals surface area contributed by atoms with Crippen molar-refractivity contribution in [3.63, 3.8) is 0 Å². The van der Waals surface area contributed by atoms with E-state index in [0.717, 1.165) is 35.1 Å². The van der Waals surface area contributed by atoms with Gasteiger partial charge in [0, 0.05) is 0 Å². The number of rotatable bonds is 5. The Balaban J connectivity index is 1.75. The highest BCUT2D eigenvalue weighted by atomic mass is 127. The first kappa shape index (κ1) is 22.4. The lowest BCUT2D eigenvalue weighted by molar-refractivity contribution is -0.127. The highest BCUT2D eigenvalue weighted by molar-refractivity contribution is 14.1. The molecule has 0 spiro atoms. The normalized spacial score (nSPS) is 15.2. The third kappa shape index (κ3) is 5.25. The van der Waals surface area contributed by atoms with Crippen LogP contribution < -0.4 is 10.1 Å². The third-order valence-corrected chi connectivity index (χ3v) is 6.69. The van der Waals surface area contributed by atoms with Crippen LogP contribution in [0.1, 0.15) is 5.56 Å². The number of amides is 3. The number of anilines is 1. The zero-order valence-electron chi connectivity index (χ0n) is 14.9. The van der Waals surface area contributed by atoms with Crippen molar-refractivity contribution in [2.24, 2.45) is 0 Å². The predicted octanol–water partition coefficient (Wildman–Crippen LogP) is 5.23. The van der Waals surface area contributed by atoms with Crippen LogP contribution in [0.25, 0.3) is 6.08 Å². The summed E-state index contributed by atoms with van der Waals surface area (Å²) in [6.45, 7) is -0.384. The van der Waals surface area contributed by atoms with Crippen molar-refractivity contribution in [1.29, 1.82) is 0 Å². The molecule has 29 heavy (non-hydrogen) atoms. The second-order valence-corrected chi connectivity index (χ2v) is 9.54. The Morgan fingerprint density at radius 1 is 1.24 bits per heavy atom. The number of nitrogens with zero attached hydrogens (tertiary/aromatic N) is 1. The molecule has 0 saturated carbocycles. The lowest BCUT2D eigenvalue weighted by Gasteiger charge is -2.13. The number of imide groups is 1. The fourth-order valence-electron chi connectivity index (χ4n) is 2.54. The van der Waals surface area contributed by atoms with Crippen molar-refractivity contribution in [2.75, 3.05) is 19.0 Å². The molecule has 1 aliphatic heterocycles. The van der Waals surface area contributed by atoms with E-state index in [1.807, 2.05) is 12.1 Å². The van der Waals surface area contributed by atoms with Gasteiger partial charge in [0.05, 0.1) is 29.9 Å². The molecular weight excluding hydrogens is 642 g/mol. The quantitative estimate of drug-likeness (QED) is 0.353. The summed E-state index contributed by atoms with van der Waals surface area (Å²) in [5.74, 6) is -0.252. The molecule has 2 aromatic carbocycles. The Bertz CT molecular complexity index is 1020. The summed E-state index contributed by atoms with van der Waals surface area (Å²) in [6, 6.07) is 10.5. The van der Waals surface area contributed by atoms with Crippen molar-refractivity contribution in [3.05, 3.63) is 59.0 Å². The molecule has 3 rings (SSSR count). The lowest BCUT2D eigenvalue weighted by Crippen LogP contribution is -2.36. The van der Waals surface area contributed by atoms with Crippen LogP contribution >= 0.6 is 68.5 Å². The van der Waals surface area contributed by atoms with E-state index in [0.29, 0.717) is 10.7 Å². The number of para-hydroxylation sites is 1. The first-order valence-corrected chi connectivity index (χ1v) is 11.5. The smallest absolute Gasteiger partial charge is 0.294 e. The monoisotopic (exact) mass is 654 g/mol. The van der Waals surface area contributed by atoms with E-state index in [2.05, 4.69) is 50.5 Å². The number of halogens is 3. The zero-order chi connectivity index (χ0) is 21.1. The number of carbonyl (C=O) groups is 3. The van der Waals surface area contributed by atoms with Crippen LogP contribution in [0.4, 0.5) is 10.5 Å². The van der Waals surface area contributed by atoms with Gasteiger partial charge < -0.3 is 10.1 Å². The predicted molar refractivity (Wildman–Crippen MR) is 131 cm³/mol. The summed E-state index contributed by atoms with van der Waals surface area (Å²) >= 11 is 11.1. The van der Waals surface area contributed by atoms with E-state index < -0.39 is 17.1 Å². The van der Waals surface area contributed by atoms with Crippen molar-refractivity contribution >= 4 is 97.4 Å². The van der Waals surface area contributed by atoms with Gasteiger partial charge in [-0.25, -0.2) is 0 Å². The average Bonchev–Trinajstić information content (AvgIpc) is 2.91. The standard InChI is InChI=1S/C19H13ClI2N2O4S/c1-28-17-12(21)6-10(7-13(17)22)8-15-18(26)24(19(27)29-15)9-16(25)23-14-5-3-2-4-11(14)20/h2-8H,9H2,1H3,(H,23,25)/b15-8+. The van der Waals surface area contributed by atoms with Gasteiger partial charge in [0.25, 0.3) is 11.1 Å². The fraction of sp³-hybridized carbons (Fsp3) is 0.105. The Hall–Kier alpha value is -1.31. The molecule has 150 valence electrons. The lowest BCUT2D eigenvalue weighted by atomic mass is 10.2. The number of carbonyl (C=O) groups excluding carboxylic acids is 3. The van der Waals surface area contributed by atoms with Gasteiger partial charge in [-0.15, -0.1) is 0 Å². The molecule has 0 bridgehead atoms. The first-order chi connectivity index (χ1) is 13.8. The summed E-state index contributed by atoms with van der Waals surface area (Å²) in [4.78, 5) is 38.4. The van der Waals surface area contributed by atoms with Gasteiger partial charge in [0.2, 0.25) is 5.91 Å². The van der Waals surface area contributed by atoms with Gasteiger partial charge in [0.1, 0.15) is 12.3 Å². The summed E-state index contributed by atoms with van der Waals surface area (Å²) in [6.07, 6.45) is 1.64. The van der Waals surface area contributed by atoms with Gasteiger partial charge in [0.15, 0.2) is 0 Å². The second-order valence-electron chi connectivity index (χ2n) is 5.81. The number of thioether (sulfide) groups is 1. The first-order valence-electron chi connectivity index (χ1n) is 8.13. The second kappa shape index (κ2) is 9.67. The third-order valence-electron chi connectivity index (χ3n) is 3.85. The van der Waals surface area contributed by atoms with Crippen molar-refractivity contribution in [3.8, 4) is 5.75 Å². The molecule has 1 heterocycles. The molecule has 0 unspecified atom stereocenters. The minimum atomic E-state index is -0.504. The van der Waals surface area contributed by atoms with E-state index >= 15 is 0 Å². The molecule has 1 N–H and O–H groups in total. The number of methoxy groups -OCH3 is 1. The van der Waals surface area contributed by atoms with Crippen molar-refractivity contribution in [1.82, 2.24) is 4.90 Å². The van der Waals surface area contributed by atoms with Crippen LogP contribution in [0.3, 0.4) is 0 Å². The number of ether oxygens (including phenoxy) is 1. The largest absolute Gasteiger partial charge is 0.495 e. The zero-order valence-corrected chi connectivity index (χ0v) is 20.8. The molecule has 0 aromatic heterocycles. The molecule has 6 nitrogen and oxygen atoms in total. The van der Waals surface area contributed by atoms with Crippen molar-refractivity contribution in [2.45, 2.75) is 0 Å². The Morgan fingerprint density at radius 3 is 2.52 bits per heavy atom. The Kier molecular flexibility index (Phi) is 7.46. The van der Waals surface area contributed by atoms with Gasteiger partial charge in [-0.2, -0.15) is 0 Å². The fourth-order valence-corrected chi connectivity index (χ4v) is 5.82. The van der Waals surface area contributed by atoms with Gasteiger partial charge in [-0.1, -0.05) is 23.7 Å². The maximum atomic E-state index is 12.6. The van der Waals surface area contributed by atoms with Crippen molar-refractivity contribution < 1.29 is 19.1 Å². The average molecular weight is 655 g/mol. The van der Waals surface area contributed by atoms with Crippen LogP contribution in [0.15, 0.2) is 41.3 Å². The Morgan fingerprint density at radius 2 is 1.90 bits per heavy atom. The maximum Gasteiger partial charge on any atom is 0.294 e. The highest BCUT2D eigenvalue weighted by Gasteiger charge is 2.36. The molecule has 0 aliphatic carbocycles. The number of hydrogen-bond acceptors (Lipinski definition) is 5. The molecular formula is C19H13ClI2N2O4S. The summed E-state index contributed by atoms with van der Waals surface area (Å²) in [7, 11) is 1.60. The topological polar surface area (TPSA) is 75.7 Å². The molecule has 2 aromatic rings. The van der Waals surface area contributed by atoms with Crippen LogP contribution in [-0.2, 0) is 9.59 Å². The van der Waals surface area contributed by atoms with E-state index in [-0.39, 0.29) is 11.4 Å². The SMILES string of the molecule is COc1c(I)cc(/C=C2/SC(=O)N(CC(=O)Nc3ccccc3Cl)C2=O)cc1I. The Labute approximate surface area is 203 Å². The minimum absolute atomic E-state index is 0.261. The molecule has 10 heteroatoms. The summed E-state index contributed by atoms with van der Waals surface area (Å²) in [5, 5.41) is 2.49. The number of benzene rings is 2. The van der Waals surface area contributed by atoms with Crippen LogP contribution in [0.5, 0.6) is 5.75 Å². The molecule has 1 aliphatic rings. The van der Waals surface area contributed by atoms with E-state index in [4.69, 9.17) is 16.3 Å². The molecule has 1 fully saturated rings. The summed E-state index contributed by atoms with van der Waals surface area (Å²) < 4.78 is 7.11. The van der Waals surface area contributed by atoms with Gasteiger partial charge >= 0.3 is 0 Å². The minimum Gasteiger partial charge on any atom is -0.495 e. The van der Waals surface area contributed by atoms with Gasteiger partial charge in [-0.3, -0.25) is 19.3 Å². The van der Waals surface area contributed by atoms with E-state index in [9.17, 15) is 14.4 Å². The molecule has 0 radical (unpaired) electrons. The van der Waals surface area contributed by atoms with Crippen LogP contribution in [-0.4, -0.2) is 35.6 Å². The van der Waals surface area contributed by atoms with Gasteiger partial charge in [-0.05, 0) is 92.8 Å². The van der Waals surface area contributed by atoms with Crippen LogP contribution in [0.2, 0.25) is 5.02 Å². The van der Waals surface area contributed by atoms with E-state index in [1.165, 1.54) is 0 Å². The molecule has 0 atom stereocenters.